The Morgan fingerprint density at radius 3 is 2.77 bits per heavy atom. The molecule has 3 aliphatic rings. The summed E-state index contributed by atoms with van der Waals surface area (Å²) in [6.07, 6.45) is 1.74. The smallest absolute Gasteiger partial charge is 0.254 e. The van der Waals surface area contributed by atoms with Crippen LogP contribution in [0.5, 0.6) is 11.5 Å². The molecule has 0 saturated heterocycles. The van der Waals surface area contributed by atoms with Gasteiger partial charge in [0.1, 0.15) is 0 Å². The topological polar surface area (TPSA) is 38.8 Å². The lowest BCUT2D eigenvalue weighted by Gasteiger charge is -2.41. The largest absolute Gasteiger partial charge is 0.454 e. The number of benzene rings is 2. The monoisotopic (exact) mass is 293 g/mol. The summed E-state index contributed by atoms with van der Waals surface area (Å²) in [5.41, 5.74) is 4.47. The molecule has 3 heterocycles. The Morgan fingerprint density at radius 1 is 1.05 bits per heavy atom. The van der Waals surface area contributed by atoms with Crippen molar-refractivity contribution in [2.24, 2.45) is 0 Å². The van der Waals surface area contributed by atoms with Gasteiger partial charge in [-0.25, -0.2) is 0 Å². The zero-order valence-corrected chi connectivity index (χ0v) is 12.0. The van der Waals surface area contributed by atoms with Gasteiger partial charge in [-0.1, -0.05) is 18.2 Å². The molecule has 1 amide bonds. The number of carbonyl (C=O) groups is 1. The first-order valence-corrected chi connectivity index (χ1v) is 7.62. The predicted octanol–water partition coefficient (Wildman–Crippen LogP) is 2.71. The molecular formula is C18H15NO3. The minimum absolute atomic E-state index is 0.112. The van der Waals surface area contributed by atoms with Gasteiger partial charge in [0.15, 0.2) is 11.5 Å². The number of fused-ring (bicyclic) bond motifs is 5. The molecule has 5 rings (SSSR count). The van der Waals surface area contributed by atoms with Crippen molar-refractivity contribution >= 4 is 5.91 Å². The molecule has 0 fully saturated rings. The third-order valence-electron chi connectivity index (χ3n) is 4.91. The molecule has 2 aromatic carbocycles. The van der Waals surface area contributed by atoms with Crippen LogP contribution < -0.4 is 9.47 Å². The first kappa shape index (κ1) is 12.1. The molecule has 1 atom stereocenters. The van der Waals surface area contributed by atoms with E-state index in [9.17, 15) is 4.79 Å². The highest BCUT2D eigenvalue weighted by molar-refractivity contribution is 5.97. The van der Waals surface area contributed by atoms with E-state index in [0.29, 0.717) is 0 Å². The van der Waals surface area contributed by atoms with Crippen molar-refractivity contribution in [2.75, 3.05) is 13.3 Å². The number of amides is 1. The highest BCUT2D eigenvalue weighted by Crippen LogP contribution is 2.43. The minimum Gasteiger partial charge on any atom is -0.454 e. The Labute approximate surface area is 128 Å². The molecule has 2 aromatic rings. The summed E-state index contributed by atoms with van der Waals surface area (Å²) < 4.78 is 11.0. The lowest BCUT2D eigenvalue weighted by atomic mass is 9.83. The fraction of sp³-hybridized carbons (Fsp3) is 0.278. The zero-order valence-electron chi connectivity index (χ0n) is 12.0. The molecule has 22 heavy (non-hydrogen) atoms. The van der Waals surface area contributed by atoms with Crippen molar-refractivity contribution in [2.45, 2.75) is 18.9 Å². The fourth-order valence-corrected chi connectivity index (χ4v) is 3.82. The quantitative estimate of drug-likeness (QED) is 0.749. The predicted molar refractivity (Wildman–Crippen MR) is 80.2 cm³/mol. The van der Waals surface area contributed by atoms with Crippen molar-refractivity contribution in [3.8, 4) is 11.5 Å². The molecule has 0 saturated carbocycles. The third-order valence-corrected chi connectivity index (χ3v) is 4.91. The summed E-state index contributed by atoms with van der Waals surface area (Å²) in [7, 11) is 0. The highest BCUT2D eigenvalue weighted by atomic mass is 16.7. The van der Waals surface area contributed by atoms with Gasteiger partial charge < -0.3 is 14.4 Å². The van der Waals surface area contributed by atoms with Crippen LogP contribution in [-0.4, -0.2) is 24.1 Å². The van der Waals surface area contributed by atoms with Crippen LogP contribution in [0.2, 0.25) is 0 Å². The number of ether oxygens (including phenoxy) is 2. The maximum atomic E-state index is 12.8. The molecule has 0 spiro atoms. The van der Waals surface area contributed by atoms with E-state index in [-0.39, 0.29) is 18.7 Å². The molecule has 3 aliphatic heterocycles. The van der Waals surface area contributed by atoms with Gasteiger partial charge in [-0.3, -0.25) is 4.79 Å². The Bertz CT molecular complexity index is 799. The van der Waals surface area contributed by atoms with Crippen LogP contribution >= 0.6 is 0 Å². The molecule has 0 unspecified atom stereocenters. The lowest BCUT2D eigenvalue weighted by molar-refractivity contribution is 0.0631. The van der Waals surface area contributed by atoms with Gasteiger partial charge >= 0.3 is 0 Å². The van der Waals surface area contributed by atoms with E-state index in [2.05, 4.69) is 18.2 Å². The van der Waals surface area contributed by atoms with Crippen molar-refractivity contribution in [1.82, 2.24) is 4.90 Å². The van der Waals surface area contributed by atoms with Crippen LogP contribution in [-0.2, 0) is 12.8 Å². The number of rotatable bonds is 0. The van der Waals surface area contributed by atoms with E-state index in [1.807, 2.05) is 23.1 Å². The summed E-state index contributed by atoms with van der Waals surface area (Å²) in [5.74, 6) is 1.77. The van der Waals surface area contributed by atoms with Crippen molar-refractivity contribution in [3.05, 3.63) is 58.7 Å². The van der Waals surface area contributed by atoms with E-state index >= 15 is 0 Å². The highest BCUT2D eigenvalue weighted by Gasteiger charge is 2.37. The molecule has 0 aliphatic carbocycles. The number of hydrogen-bond donors (Lipinski definition) is 0. The maximum absolute atomic E-state index is 12.8. The number of carbonyl (C=O) groups excluding carboxylic acids is 1. The van der Waals surface area contributed by atoms with Crippen LogP contribution in [0.15, 0.2) is 36.4 Å². The van der Waals surface area contributed by atoms with Crippen LogP contribution in [0.25, 0.3) is 0 Å². The average Bonchev–Trinajstić information content (AvgIpc) is 3.00. The van der Waals surface area contributed by atoms with Crippen LogP contribution in [0, 0.1) is 0 Å². The summed E-state index contributed by atoms with van der Waals surface area (Å²) in [5, 5.41) is 0. The molecule has 0 N–H and O–H groups in total. The summed E-state index contributed by atoms with van der Waals surface area (Å²) in [6.45, 7) is 1.05. The van der Waals surface area contributed by atoms with Gasteiger partial charge in [-0.05, 0) is 47.7 Å². The Balaban J connectivity index is 1.65. The molecule has 4 nitrogen and oxygen atoms in total. The van der Waals surface area contributed by atoms with Crippen molar-refractivity contribution in [3.63, 3.8) is 0 Å². The standard InChI is InChI=1S/C18H15NO3/c20-18-13-4-2-1-3-11(13)7-15-14-9-17-16(21-10-22-17)8-12(14)5-6-19(15)18/h1-4,8-9,15H,5-7,10H2/t15-/m1/s1. The van der Waals surface area contributed by atoms with Crippen molar-refractivity contribution < 1.29 is 14.3 Å². The van der Waals surface area contributed by atoms with Gasteiger partial charge in [0.25, 0.3) is 5.91 Å². The maximum Gasteiger partial charge on any atom is 0.254 e. The van der Waals surface area contributed by atoms with E-state index in [0.717, 1.165) is 42.0 Å². The van der Waals surface area contributed by atoms with E-state index < -0.39 is 0 Å². The van der Waals surface area contributed by atoms with E-state index in [1.165, 1.54) is 11.1 Å². The zero-order chi connectivity index (χ0) is 14.7. The molecule has 4 heteroatoms. The second-order valence-electron chi connectivity index (χ2n) is 6.03. The molecular weight excluding hydrogens is 278 g/mol. The van der Waals surface area contributed by atoms with E-state index in [4.69, 9.17) is 9.47 Å². The number of hydrogen-bond acceptors (Lipinski definition) is 3. The summed E-state index contributed by atoms with van der Waals surface area (Å²) in [6, 6.07) is 12.2. The van der Waals surface area contributed by atoms with Crippen LogP contribution in [0.3, 0.4) is 0 Å². The molecule has 0 bridgehead atoms. The normalized spacial score (nSPS) is 21.2. The van der Waals surface area contributed by atoms with Gasteiger partial charge in [0.2, 0.25) is 6.79 Å². The molecule has 0 aromatic heterocycles. The SMILES string of the molecule is O=C1c2ccccc2C[C@@H]2c3cc4c(cc3CCN12)OCO4. The number of nitrogens with zero attached hydrogens (tertiary/aromatic N) is 1. The fourth-order valence-electron chi connectivity index (χ4n) is 3.82. The van der Waals surface area contributed by atoms with Crippen LogP contribution in [0.4, 0.5) is 0 Å². The van der Waals surface area contributed by atoms with E-state index in [1.54, 1.807) is 0 Å². The Kier molecular flexibility index (Phi) is 2.34. The first-order valence-electron chi connectivity index (χ1n) is 7.62. The summed E-state index contributed by atoms with van der Waals surface area (Å²) >= 11 is 0. The van der Waals surface area contributed by atoms with Gasteiger partial charge in [-0.15, -0.1) is 0 Å². The van der Waals surface area contributed by atoms with Crippen molar-refractivity contribution in [1.29, 1.82) is 0 Å². The molecule has 0 radical (unpaired) electrons. The first-order chi connectivity index (χ1) is 10.8. The second kappa shape index (κ2) is 4.26. The van der Waals surface area contributed by atoms with Gasteiger partial charge in [-0.2, -0.15) is 0 Å². The minimum atomic E-state index is 0.112. The average molecular weight is 293 g/mol. The van der Waals surface area contributed by atoms with Crippen LogP contribution in [0.1, 0.15) is 33.1 Å². The second-order valence-corrected chi connectivity index (χ2v) is 6.03. The van der Waals surface area contributed by atoms with Gasteiger partial charge in [0.05, 0.1) is 6.04 Å². The lowest BCUT2D eigenvalue weighted by Crippen LogP contribution is -2.44. The third kappa shape index (κ3) is 1.55. The Hall–Kier alpha value is -2.49. The van der Waals surface area contributed by atoms with Gasteiger partial charge in [0, 0.05) is 12.1 Å². The molecule has 110 valence electrons. The Morgan fingerprint density at radius 2 is 1.86 bits per heavy atom. The summed E-state index contributed by atoms with van der Waals surface area (Å²) in [4.78, 5) is 14.8.